The number of piperidine rings is 1. The zero-order chi connectivity index (χ0) is 11.2. The van der Waals surface area contributed by atoms with E-state index in [-0.39, 0.29) is 0 Å². The summed E-state index contributed by atoms with van der Waals surface area (Å²) < 4.78 is 5.73. The van der Waals surface area contributed by atoms with Gasteiger partial charge in [-0.25, -0.2) is 0 Å². The predicted molar refractivity (Wildman–Crippen MR) is 69.2 cm³/mol. The molecule has 0 spiro atoms. The van der Waals surface area contributed by atoms with E-state index in [1.54, 1.807) is 0 Å². The van der Waals surface area contributed by atoms with Crippen LogP contribution in [0.1, 0.15) is 12.8 Å². The zero-order valence-corrected chi connectivity index (χ0v) is 10.9. The Morgan fingerprint density at radius 3 is 2.62 bits per heavy atom. The van der Waals surface area contributed by atoms with E-state index in [2.05, 4.69) is 37.9 Å². The maximum atomic E-state index is 5.73. The minimum atomic E-state index is 0.440. The van der Waals surface area contributed by atoms with Gasteiger partial charge in [-0.1, -0.05) is 15.9 Å². The van der Waals surface area contributed by atoms with E-state index >= 15 is 0 Å². The number of ether oxygens (including phenoxy) is 1. The van der Waals surface area contributed by atoms with Gasteiger partial charge in [0, 0.05) is 36.5 Å². The Morgan fingerprint density at radius 2 is 2.00 bits per heavy atom. The van der Waals surface area contributed by atoms with Gasteiger partial charge in [0.05, 0.1) is 12.7 Å². The lowest BCUT2D eigenvalue weighted by Gasteiger charge is -2.33. The third-order valence-electron chi connectivity index (χ3n) is 2.90. The fraction of sp³-hybridized carbons (Fsp3) is 0.583. The van der Waals surface area contributed by atoms with E-state index in [9.17, 15) is 0 Å². The van der Waals surface area contributed by atoms with E-state index < -0.39 is 0 Å². The van der Waals surface area contributed by atoms with Crippen LogP contribution in [0.4, 0.5) is 5.69 Å². The van der Waals surface area contributed by atoms with Crippen molar-refractivity contribution in [2.45, 2.75) is 18.9 Å². The van der Waals surface area contributed by atoms with Crippen LogP contribution in [0.3, 0.4) is 0 Å². The molecule has 0 aromatic carbocycles. The molecule has 0 bridgehead atoms. The summed E-state index contributed by atoms with van der Waals surface area (Å²) in [4.78, 5) is 6.44. The smallest absolute Gasteiger partial charge is 0.0609 e. The molecular weight excluding hydrogens is 268 g/mol. The number of rotatable bonds is 4. The van der Waals surface area contributed by atoms with Gasteiger partial charge in [-0.05, 0) is 25.0 Å². The van der Waals surface area contributed by atoms with Gasteiger partial charge >= 0.3 is 0 Å². The molecule has 0 aliphatic carbocycles. The lowest BCUT2D eigenvalue weighted by Crippen LogP contribution is -2.37. The van der Waals surface area contributed by atoms with Gasteiger partial charge in [0.1, 0.15) is 0 Å². The second kappa shape index (κ2) is 6.21. The third-order valence-corrected chi connectivity index (χ3v) is 3.22. The van der Waals surface area contributed by atoms with Gasteiger partial charge in [0.25, 0.3) is 0 Å². The Labute approximate surface area is 105 Å². The molecule has 1 saturated heterocycles. The van der Waals surface area contributed by atoms with Gasteiger partial charge in [0.15, 0.2) is 0 Å². The highest BCUT2D eigenvalue weighted by atomic mass is 79.9. The summed E-state index contributed by atoms with van der Waals surface area (Å²) in [5.74, 6) is 0. The molecule has 1 aliphatic heterocycles. The largest absolute Gasteiger partial charge is 0.377 e. The highest BCUT2D eigenvalue weighted by Gasteiger charge is 2.19. The van der Waals surface area contributed by atoms with Crippen molar-refractivity contribution in [2.24, 2.45) is 0 Å². The number of hydrogen-bond acceptors (Lipinski definition) is 3. The monoisotopic (exact) mass is 284 g/mol. The molecule has 1 aromatic rings. The van der Waals surface area contributed by atoms with Gasteiger partial charge in [-0.2, -0.15) is 0 Å². The predicted octanol–water partition coefficient (Wildman–Crippen LogP) is 2.46. The standard InChI is InChI=1S/C12H17BrN2O/c13-5-10-16-12-3-8-15(9-4-12)11-1-6-14-7-2-11/h1-2,6-7,12H,3-5,8-10H2. The van der Waals surface area contributed by atoms with E-state index in [0.29, 0.717) is 6.10 Å². The third kappa shape index (κ3) is 3.19. The quantitative estimate of drug-likeness (QED) is 0.795. The molecule has 88 valence electrons. The molecule has 1 aromatic heterocycles. The van der Waals surface area contributed by atoms with Gasteiger partial charge < -0.3 is 9.64 Å². The summed E-state index contributed by atoms with van der Waals surface area (Å²) >= 11 is 3.38. The number of pyridine rings is 1. The molecule has 2 heterocycles. The number of nitrogens with zero attached hydrogens (tertiary/aromatic N) is 2. The molecule has 16 heavy (non-hydrogen) atoms. The Morgan fingerprint density at radius 1 is 1.31 bits per heavy atom. The Balaban J connectivity index is 1.81. The molecule has 0 saturated carbocycles. The van der Waals surface area contributed by atoms with Crippen LogP contribution in [0.2, 0.25) is 0 Å². The first-order valence-electron chi connectivity index (χ1n) is 5.72. The minimum Gasteiger partial charge on any atom is -0.377 e. The lowest BCUT2D eigenvalue weighted by atomic mass is 10.1. The Kier molecular flexibility index (Phi) is 4.60. The maximum Gasteiger partial charge on any atom is 0.0609 e. The van der Waals surface area contributed by atoms with Crippen LogP contribution < -0.4 is 4.90 Å². The number of hydrogen-bond donors (Lipinski definition) is 0. The second-order valence-electron chi connectivity index (χ2n) is 3.95. The lowest BCUT2D eigenvalue weighted by molar-refractivity contribution is 0.0481. The average Bonchev–Trinajstić information content (AvgIpc) is 2.38. The molecule has 0 unspecified atom stereocenters. The molecule has 0 radical (unpaired) electrons. The van der Waals surface area contributed by atoms with Crippen LogP contribution in [-0.4, -0.2) is 36.1 Å². The summed E-state index contributed by atoms with van der Waals surface area (Å²) in [5, 5.41) is 0.928. The van der Waals surface area contributed by atoms with Crippen LogP contribution in [0.5, 0.6) is 0 Å². The number of alkyl halides is 1. The van der Waals surface area contributed by atoms with Crippen molar-refractivity contribution in [3.05, 3.63) is 24.5 Å². The molecular formula is C12H17BrN2O. The molecule has 0 atom stereocenters. The van der Waals surface area contributed by atoms with Crippen LogP contribution in [0, 0.1) is 0 Å². The summed E-state index contributed by atoms with van der Waals surface area (Å²) in [6.45, 7) is 2.98. The average molecular weight is 285 g/mol. The maximum absolute atomic E-state index is 5.73. The van der Waals surface area contributed by atoms with Crippen molar-refractivity contribution < 1.29 is 4.74 Å². The number of aromatic nitrogens is 1. The molecule has 1 aliphatic rings. The van der Waals surface area contributed by atoms with Crippen molar-refractivity contribution in [1.82, 2.24) is 4.98 Å². The fourth-order valence-corrected chi connectivity index (χ4v) is 2.23. The summed E-state index contributed by atoms with van der Waals surface area (Å²) in [6, 6.07) is 4.14. The number of anilines is 1. The molecule has 2 rings (SSSR count). The first-order valence-corrected chi connectivity index (χ1v) is 6.85. The van der Waals surface area contributed by atoms with E-state index in [0.717, 1.165) is 37.9 Å². The van der Waals surface area contributed by atoms with Crippen LogP contribution >= 0.6 is 15.9 Å². The van der Waals surface area contributed by atoms with Crippen molar-refractivity contribution in [3.63, 3.8) is 0 Å². The second-order valence-corrected chi connectivity index (χ2v) is 4.74. The van der Waals surface area contributed by atoms with E-state index in [1.807, 2.05) is 12.4 Å². The van der Waals surface area contributed by atoms with Crippen LogP contribution in [0.25, 0.3) is 0 Å². The molecule has 0 amide bonds. The van der Waals surface area contributed by atoms with Crippen molar-refractivity contribution in [1.29, 1.82) is 0 Å². The van der Waals surface area contributed by atoms with Crippen molar-refractivity contribution in [2.75, 3.05) is 29.9 Å². The summed E-state index contributed by atoms with van der Waals surface area (Å²) in [6.07, 6.45) is 6.38. The van der Waals surface area contributed by atoms with Crippen molar-refractivity contribution >= 4 is 21.6 Å². The topological polar surface area (TPSA) is 25.4 Å². The highest BCUT2D eigenvalue weighted by Crippen LogP contribution is 2.20. The normalized spacial score (nSPS) is 17.7. The van der Waals surface area contributed by atoms with Crippen LogP contribution in [0.15, 0.2) is 24.5 Å². The number of halogens is 1. The molecule has 0 N–H and O–H groups in total. The summed E-state index contributed by atoms with van der Waals surface area (Å²) in [5.41, 5.74) is 1.27. The first-order chi connectivity index (χ1) is 7.90. The summed E-state index contributed by atoms with van der Waals surface area (Å²) in [7, 11) is 0. The SMILES string of the molecule is BrCCOC1CCN(c2ccncc2)CC1. The molecule has 3 nitrogen and oxygen atoms in total. The fourth-order valence-electron chi connectivity index (χ4n) is 2.05. The van der Waals surface area contributed by atoms with Gasteiger partial charge in [0.2, 0.25) is 0 Å². The Hall–Kier alpha value is -0.610. The molecule has 4 heteroatoms. The van der Waals surface area contributed by atoms with Crippen molar-refractivity contribution in [3.8, 4) is 0 Å². The zero-order valence-electron chi connectivity index (χ0n) is 9.31. The minimum absolute atomic E-state index is 0.440. The Bertz CT molecular complexity index is 299. The van der Waals surface area contributed by atoms with Crippen LogP contribution in [-0.2, 0) is 4.74 Å². The van der Waals surface area contributed by atoms with E-state index in [4.69, 9.17) is 4.74 Å². The highest BCUT2D eigenvalue weighted by molar-refractivity contribution is 9.09. The van der Waals surface area contributed by atoms with Gasteiger partial charge in [-0.15, -0.1) is 0 Å². The van der Waals surface area contributed by atoms with Gasteiger partial charge in [-0.3, -0.25) is 4.98 Å². The first kappa shape index (κ1) is 11.9. The van der Waals surface area contributed by atoms with E-state index in [1.165, 1.54) is 5.69 Å². The molecule has 1 fully saturated rings.